The molecule has 0 amide bonds. The zero-order valence-electron chi connectivity index (χ0n) is 9.13. The first-order valence-corrected chi connectivity index (χ1v) is 7.78. The Hall–Kier alpha value is -0.870. The number of nitrogens with two attached hydrogens (primary N) is 1. The van der Waals surface area contributed by atoms with Gasteiger partial charge in [0.1, 0.15) is 0 Å². The van der Waals surface area contributed by atoms with Crippen LogP contribution in [0.3, 0.4) is 0 Å². The number of rotatable bonds is 5. The SMILES string of the molecule is CC(C)(NS(=O)(=O)CS(C)(=O)=O)C(N)=NO. The second-order valence-electron chi connectivity index (χ2n) is 3.87. The first-order valence-electron chi connectivity index (χ1n) is 4.07. The third kappa shape index (κ3) is 5.28. The summed E-state index contributed by atoms with van der Waals surface area (Å²) in [6, 6.07) is 0. The van der Waals surface area contributed by atoms with E-state index in [9.17, 15) is 16.8 Å². The summed E-state index contributed by atoms with van der Waals surface area (Å²) in [5, 5.41) is 10.0. The molecule has 0 atom stereocenters. The molecule has 0 saturated heterocycles. The molecule has 10 heteroatoms. The largest absolute Gasteiger partial charge is 0.409 e. The van der Waals surface area contributed by atoms with E-state index in [2.05, 4.69) is 5.16 Å². The lowest BCUT2D eigenvalue weighted by Crippen LogP contribution is -2.54. The summed E-state index contributed by atoms with van der Waals surface area (Å²) in [7, 11) is -7.74. The molecular weight excluding hydrogens is 258 g/mol. The highest BCUT2D eigenvalue weighted by Crippen LogP contribution is 2.06. The van der Waals surface area contributed by atoms with E-state index in [0.29, 0.717) is 0 Å². The van der Waals surface area contributed by atoms with E-state index in [1.54, 1.807) is 0 Å². The topological polar surface area (TPSA) is 139 Å². The quantitative estimate of drug-likeness (QED) is 0.239. The van der Waals surface area contributed by atoms with Gasteiger partial charge in [-0.15, -0.1) is 0 Å². The first kappa shape index (κ1) is 15.1. The summed E-state index contributed by atoms with van der Waals surface area (Å²) < 4.78 is 46.5. The molecule has 0 radical (unpaired) electrons. The maximum absolute atomic E-state index is 11.4. The molecule has 0 aliphatic carbocycles. The predicted molar refractivity (Wildman–Crippen MR) is 59.3 cm³/mol. The molecule has 0 heterocycles. The van der Waals surface area contributed by atoms with E-state index >= 15 is 0 Å². The number of sulfonamides is 1. The summed E-state index contributed by atoms with van der Waals surface area (Å²) in [4.78, 5) is 0. The molecule has 0 spiro atoms. The van der Waals surface area contributed by atoms with Crippen molar-refractivity contribution < 1.29 is 22.0 Å². The van der Waals surface area contributed by atoms with Crippen LogP contribution in [0.5, 0.6) is 0 Å². The van der Waals surface area contributed by atoms with Gasteiger partial charge in [0.15, 0.2) is 20.8 Å². The van der Waals surface area contributed by atoms with E-state index in [-0.39, 0.29) is 5.84 Å². The number of hydrogen-bond acceptors (Lipinski definition) is 6. The fourth-order valence-electron chi connectivity index (χ4n) is 0.877. The Kier molecular flexibility index (Phi) is 4.31. The maximum Gasteiger partial charge on any atom is 0.226 e. The van der Waals surface area contributed by atoms with Crippen molar-refractivity contribution in [2.75, 3.05) is 11.3 Å². The predicted octanol–water partition coefficient (Wildman–Crippen LogP) is -1.57. The molecule has 0 aliphatic rings. The number of amidine groups is 1. The summed E-state index contributed by atoms with van der Waals surface area (Å²) in [6.07, 6.45) is 0.794. The maximum atomic E-state index is 11.4. The second kappa shape index (κ2) is 4.55. The minimum absolute atomic E-state index is 0.371. The first-order chi connectivity index (χ1) is 6.90. The highest BCUT2D eigenvalue weighted by molar-refractivity contribution is 8.06. The van der Waals surface area contributed by atoms with Crippen molar-refractivity contribution in [1.82, 2.24) is 4.72 Å². The van der Waals surface area contributed by atoms with Crippen molar-refractivity contribution in [3.05, 3.63) is 0 Å². The lowest BCUT2D eigenvalue weighted by Gasteiger charge is -2.23. The zero-order chi connectivity index (χ0) is 13.2. The lowest BCUT2D eigenvalue weighted by atomic mass is 10.1. The zero-order valence-corrected chi connectivity index (χ0v) is 10.8. The van der Waals surface area contributed by atoms with Crippen LogP contribution in [0.2, 0.25) is 0 Å². The molecular formula is C6H15N3O5S2. The van der Waals surface area contributed by atoms with Crippen LogP contribution in [0.1, 0.15) is 13.8 Å². The standard InChI is InChI=1S/C6H15N3O5S2/c1-6(2,5(7)8-10)9-16(13,14)4-15(3,11)12/h9-10H,4H2,1-3H3,(H2,7,8). The number of nitrogens with zero attached hydrogens (tertiary/aromatic N) is 1. The van der Waals surface area contributed by atoms with Crippen LogP contribution in [0.25, 0.3) is 0 Å². The van der Waals surface area contributed by atoms with Gasteiger partial charge in [-0.25, -0.2) is 21.6 Å². The molecule has 96 valence electrons. The second-order valence-corrected chi connectivity index (χ2v) is 8.10. The van der Waals surface area contributed by atoms with Gasteiger partial charge < -0.3 is 10.9 Å². The molecule has 16 heavy (non-hydrogen) atoms. The monoisotopic (exact) mass is 273 g/mol. The molecule has 4 N–H and O–H groups in total. The van der Waals surface area contributed by atoms with Crippen LogP contribution in [0.4, 0.5) is 0 Å². The Labute approximate surface area is 94.5 Å². The van der Waals surface area contributed by atoms with E-state index < -0.39 is 30.5 Å². The Morgan fingerprint density at radius 3 is 2.12 bits per heavy atom. The van der Waals surface area contributed by atoms with Crippen molar-refractivity contribution in [2.24, 2.45) is 10.9 Å². The van der Waals surface area contributed by atoms with Crippen molar-refractivity contribution in [3.8, 4) is 0 Å². The molecule has 0 bridgehead atoms. The van der Waals surface area contributed by atoms with Gasteiger partial charge in [0, 0.05) is 6.26 Å². The van der Waals surface area contributed by atoms with Crippen LogP contribution in [-0.4, -0.2) is 44.8 Å². The van der Waals surface area contributed by atoms with Crippen molar-refractivity contribution >= 4 is 25.7 Å². The average Bonchev–Trinajstić information content (AvgIpc) is 1.95. The van der Waals surface area contributed by atoms with Crippen LogP contribution >= 0.6 is 0 Å². The Bertz CT molecular complexity index is 476. The van der Waals surface area contributed by atoms with Crippen LogP contribution < -0.4 is 10.5 Å². The normalized spacial score (nSPS) is 15.1. The summed E-state index contributed by atoms with van der Waals surface area (Å²) in [5.74, 6) is -0.371. The van der Waals surface area contributed by atoms with Crippen molar-refractivity contribution in [1.29, 1.82) is 0 Å². The molecule has 0 aromatic carbocycles. The van der Waals surface area contributed by atoms with Gasteiger partial charge in [-0.1, -0.05) is 5.16 Å². The number of nitrogens with one attached hydrogen (secondary N) is 1. The van der Waals surface area contributed by atoms with Crippen LogP contribution in [0, 0.1) is 0 Å². The highest BCUT2D eigenvalue weighted by Gasteiger charge is 2.31. The number of sulfone groups is 1. The van der Waals surface area contributed by atoms with Gasteiger partial charge >= 0.3 is 0 Å². The molecule has 0 aromatic heterocycles. The fourth-order valence-corrected chi connectivity index (χ4v) is 4.25. The van der Waals surface area contributed by atoms with Gasteiger partial charge in [-0.2, -0.15) is 0 Å². The summed E-state index contributed by atoms with van der Waals surface area (Å²) >= 11 is 0. The summed E-state index contributed by atoms with van der Waals surface area (Å²) in [6.45, 7) is 2.67. The van der Waals surface area contributed by atoms with E-state index in [1.165, 1.54) is 13.8 Å². The van der Waals surface area contributed by atoms with Crippen LogP contribution in [0.15, 0.2) is 5.16 Å². The van der Waals surface area contributed by atoms with Crippen molar-refractivity contribution in [3.63, 3.8) is 0 Å². The lowest BCUT2D eigenvalue weighted by molar-refractivity contribution is 0.312. The highest BCUT2D eigenvalue weighted by atomic mass is 32.3. The fraction of sp³-hybridized carbons (Fsp3) is 0.833. The third-order valence-corrected chi connectivity index (χ3v) is 5.30. The Morgan fingerprint density at radius 2 is 1.81 bits per heavy atom. The molecule has 0 rings (SSSR count). The Balaban J connectivity index is 5.01. The van der Waals surface area contributed by atoms with Gasteiger partial charge in [0.25, 0.3) is 0 Å². The molecule has 0 saturated carbocycles. The molecule has 0 fully saturated rings. The van der Waals surface area contributed by atoms with Gasteiger partial charge in [0.2, 0.25) is 10.0 Å². The van der Waals surface area contributed by atoms with Crippen molar-refractivity contribution in [2.45, 2.75) is 19.4 Å². The van der Waals surface area contributed by atoms with Crippen LogP contribution in [-0.2, 0) is 19.9 Å². The number of oxime groups is 1. The minimum atomic E-state index is -4.06. The van der Waals surface area contributed by atoms with E-state index in [0.717, 1.165) is 6.26 Å². The molecule has 0 aliphatic heterocycles. The third-order valence-electron chi connectivity index (χ3n) is 1.53. The van der Waals surface area contributed by atoms with Gasteiger partial charge in [0.05, 0.1) is 5.54 Å². The molecule has 8 nitrogen and oxygen atoms in total. The average molecular weight is 273 g/mol. The summed E-state index contributed by atoms with van der Waals surface area (Å²) in [5.41, 5.74) is 3.88. The van der Waals surface area contributed by atoms with Gasteiger partial charge in [-0.05, 0) is 13.8 Å². The molecule has 0 unspecified atom stereocenters. The Morgan fingerprint density at radius 1 is 1.38 bits per heavy atom. The molecule has 0 aromatic rings. The van der Waals surface area contributed by atoms with Gasteiger partial charge in [-0.3, -0.25) is 0 Å². The minimum Gasteiger partial charge on any atom is -0.409 e. The number of hydrogen-bond donors (Lipinski definition) is 3. The van der Waals surface area contributed by atoms with E-state index in [1.807, 2.05) is 4.72 Å². The smallest absolute Gasteiger partial charge is 0.226 e. The van der Waals surface area contributed by atoms with E-state index in [4.69, 9.17) is 10.9 Å².